The highest BCUT2D eigenvalue weighted by Crippen LogP contribution is 2.57. The highest BCUT2D eigenvalue weighted by molar-refractivity contribution is 6.12. The lowest BCUT2D eigenvalue weighted by atomic mass is 9.58. The van der Waals surface area contributed by atoms with Crippen LogP contribution in [0.1, 0.15) is 82.1 Å². The normalized spacial score (nSPS) is 31.0. The van der Waals surface area contributed by atoms with Crippen LogP contribution >= 0.6 is 0 Å². The van der Waals surface area contributed by atoms with Gasteiger partial charge in [0.2, 0.25) is 11.1 Å². The number of carbonyl (C=O) groups excluding carboxylic acids is 6. The van der Waals surface area contributed by atoms with Crippen molar-refractivity contribution in [2.75, 3.05) is 18.0 Å². The van der Waals surface area contributed by atoms with Gasteiger partial charge < -0.3 is 42.4 Å². The molecule has 62 heavy (non-hydrogen) atoms. The van der Waals surface area contributed by atoms with Crippen LogP contribution in [0.25, 0.3) is 0 Å². The van der Waals surface area contributed by atoms with Crippen molar-refractivity contribution in [1.82, 2.24) is 9.80 Å². The summed E-state index contributed by atoms with van der Waals surface area (Å²) in [5, 5.41) is 10.6. The van der Waals surface area contributed by atoms with Crippen LogP contribution < -0.4 is 27.8 Å². The predicted octanol–water partition coefficient (Wildman–Crippen LogP) is 3.01. The topological polar surface area (TPSA) is 255 Å². The zero-order chi connectivity index (χ0) is 44.7. The van der Waals surface area contributed by atoms with Gasteiger partial charge in [-0.25, -0.2) is 19.2 Å². The van der Waals surface area contributed by atoms with Crippen LogP contribution in [0.2, 0.25) is 0 Å². The van der Waals surface area contributed by atoms with E-state index in [-0.39, 0.29) is 37.6 Å². The zero-order valence-electron chi connectivity index (χ0n) is 35.5. The van der Waals surface area contributed by atoms with E-state index in [1.54, 1.807) is 38.1 Å². The lowest BCUT2D eigenvalue weighted by molar-refractivity contribution is -0.167. The maximum atomic E-state index is 14.8. The summed E-state index contributed by atoms with van der Waals surface area (Å²) in [5.74, 6) is -4.49. The fourth-order valence-electron chi connectivity index (χ4n) is 12.9. The van der Waals surface area contributed by atoms with E-state index in [1.807, 2.05) is 58.3 Å². The molecule has 6 unspecified atom stereocenters. The number of amides is 4. The lowest BCUT2D eigenvalue weighted by Crippen LogP contribution is -2.78. The van der Waals surface area contributed by atoms with Gasteiger partial charge in [0.1, 0.15) is 5.75 Å². The minimum atomic E-state index is -2.22. The van der Waals surface area contributed by atoms with Gasteiger partial charge in [-0.2, -0.15) is 0 Å². The summed E-state index contributed by atoms with van der Waals surface area (Å²) < 4.78 is 10.4. The van der Waals surface area contributed by atoms with Crippen LogP contribution in [0.5, 0.6) is 5.75 Å². The van der Waals surface area contributed by atoms with Crippen molar-refractivity contribution < 1.29 is 43.3 Å². The Morgan fingerprint density at radius 3 is 1.53 bits per heavy atom. The molecule has 0 saturated carbocycles. The van der Waals surface area contributed by atoms with Gasteiger partial charge >= 0.3 is 24.1 Å². The van der Waals surface area contributed by atoms with Crippen LogP contribution in [0.4, 0.5) is 15.3 Å². The molecule has 0 spiro atoms. The smallest absolute Gasteiger partial charge is 0.412 e. The second-order valence-corrected chi connectivity index (χ2v) is 18.5. The van der Waals surface area contributed by atoms with Crippen LogP contribution in [0.3, 0.4) is 0 Å². The number of ether oxygens (including phenoxy) is 2. The number of carbonyl (C=O) groups is 6. The summed E-state index contributed by atoms with van der Waals surface area (Å²) in [6.07, 6.45) is 0.356. The molecular weight excluding hydrogens is 795 g/mol. The summed E-state index contributed by atoms with van der Waals surface area (Å²) in [5.41, 5.74) is 19.7. The first-order valence-electron chi connectivity index (χ1n) is 21.2. The third-order valence-electron chi connectivity index (χ3n) is 15.7. The number of likely N-dealkylation sites (tertiary alicyclic amines) is 2. The monoisotopic (exact) mass is 849 g/mol. The van der Waals surface area contributed by atoms with Crippen molar-refractivity contribution in [3.05, 3.63) is 95.1 Å². The molecule has 7 aliphatic rings. The van der Waals surface area contributed by atoms with E-state index in [9.17, 15) is 33.9 Å². The molecule has 9 atom stereocenters. The number of primary amides is 4. The zero-order valence-corrected chi connectivity index (χ0v) is 35.5. The summed E-state index contributed by atoms with van der Waals surface area (Å²) in [6, 6.07) is 20.1. The Balaban J connectivity index is 1.31. The van der Waals surface area contributed by atoms with Crippen molar-refractivity contribution in [3.8, 4) is 5.75 Å². The molecule has 0 radical (unpaired) electrons. The first kappa shape index (κ1) is 42.7. The molecule has 10 rings (SSSR count). The summed E-state index contributed by atoms with van der Waals surface area (Å²) in [6.45, 7) is 8.22. The third-order valence-corrected chi connectivity index (χ3v) is 15.7. The number of fused-ring (bicyclic) bond motifs is 6. The Morgan fingerprint density at radius 2 is 1.10 bits per heavy atom. The summed E-state index contributed by atoms with van der Waals surface area (Å²) in [7, 11) is 0. The Kier molecular flexibility index (Phi) is 10.2. The maximum Gasteiger partial charge on any atom is 0.412 e. The van der Waals surface area contributed by atoms with Gasteiger partial charge in [0, 0.05) is 47.7 Å². The Bertz CT molecular complexity index is 2340. The number of hydrogen-bond acceptors (Lipinski definition) is 12. The average molecular weight is 850 g/mol. The van der Waals surface area contributed by atoms with Gasteiger partial charge in [-0.3, -0.25) is 19.4 Å². The van der Waals surface area contributed by atoms with Crippen molar-refractivity contribution in [2.24, 2.45) is 28.9 Å². The number of anilines is 1. The molecule has 3 heterocycles. The number of nitrogens with two attached hydrogens (primary N) is 4. The van der Waals surface area contributed by atoms with E-state index < -0.39 is 81.5 Å². The van der Waals surface area contributed by atoms with E-state index in [4.69, 9.17) is 32.4 Å². The van der Waals surface area contributed by atoms with Crippen molar-refractivity contribution in [1.29, 1.82) is 0 Å². The van der Waals surface area contributed by atoms with Gasteiger partial charge in [0.25, 0.3) is 11.8 Å². The molecular formula is C46H55N7O9. The molecule has 4 aliphatic carbocycles. The first-order chi connectivity index (χ1) is 29.3. The van der Waals surface area contributed by atoms with Gasteiger partial charge in [-0.1, -0.05) is 69.3 Å². The molecule has 3 fully saturated rings. The minimum Gasteiger partial charge on any atom is -0.508 e. The molecule has 4 bridgehead atoms. The molecule has 328 valence electrons. The fourth-order valence-corrected chi connectivity index (χ4v) is 12.9. The summed E-state index contributed by atoms with van der Waals surface area (Å²) in [4.78, 5) is 89.1. The Labute approximate surface area is 359 Å². The highest BCUT2D eigenvalue weighted by Gasteiger charge is 2.72. The van der Waals surface area contributed by atoms with E-state index >= 15 is 0 Å². The minimum absolute atomic E-state index is 0.0277. The average Bonchev–Trinajstić information content (AvgIpc) is 3.95. The number of benzene rings is 3. The number of rotatable bonds is 11. The van der Waals surface area contributed by atoms with Gasteiger partial charge in [-0.05, 0) is 104 Å². The van der Waals surface area contributed by atoms with Crippen LogP contribution in [0.15, 0.2) is 72.8 Å². The largest absolute Gasteiger partial charge is 0.508 e. The molecule has 16 heteroatoms. The van der Waals surface area contributed by atoms with Crippen molar-refractivity contribution in [3.63, 3.8) is 0 Å². The second kappa shape index (κ2) is 14.8. The molecule has 3 aliphatic heterocycles. The van der Waals surface area contributed by atoms with E-state index in [2.05, 4.69) is 18.7 Å². The molecule has 3 saturated heterocycles. The van der Waals surface area contributed by atoms with Gasteiger partial charge in [0.05, 0.1) is 5.54 Å². The van der Waals surface area contributed by atoms with Crippen molar-refractivity contribution >= 4 is 41.6 Å². The first-order valence-corrected chi connectivity index (χ1v) is 21.2. The molecule has 4 amide bonds. The SMILES string of the molecule is CC1CC(C2CCCN2[C@@](C(N)=O)(C(=O)OC(N)=O)C2(C)Cc3ccc2cc3)N(c2ccc(O)cc2)[C@@]1(C)C1CCCN1[C@@](C(N)=O)(C(=O)OC(N)=O)C1(C)Cc2ccc1cc2. The number of hydrogen-bond donors (Lipinski definition) is 5. The third kappa shape index (κ3) is 5.78. The van der Waals surface area contributed by atoms with E-state index in [0.717, 1.165) is 11.1 Å². The molecule has 16 nitrogen and oxygen atoms in total. The standard InChI is InChI=1S/C46H55N7O9/c1-26-23-34(33-7-5-21-51(33)45(36(47)55,38(57)61-40(49)59)42(2)24-27-9-13-29(42)14-10-27)53(31-17-19-32(54)20-18-31)44(26,4)35-8-6-22-52(35)46(37(48)56,39(58)62-41(50)60)43(3)25-28-11-15-30(43)16-12-28/h9-20,26,33-35,54H,5-8,21-25H2,1-4H3,(H2,47,55)(H2,48,56)(H2,49,59)(H2,50,60)/t26?,33?,34?,35?,42?,43?,44-,45+,46+/m1/s1. The lowest BCUT2D eigenvalue weighted by Gasteiger charge is -2.58. The fraction of sp³-hybridized carbons (Fsp3) is 0.478. The number of aromatic hydroxyl groups is 1. The van der Waals surface area contributed by atoms with E-state index in [0.29, 0.717) is 48.9 Å². The van der Waals surface area contributed by atoms with Crippen molar-refractivity contribution in [2.45, 2.75) is 118 Å². The molecule has 3 aromatic carbocycles. The second-order valence-electron chi connectivity index (χ2n) is 18.5. The van der Waals surface area contributed by atoms with Gasteiger partial charge in [0.15, 0.2) is 0 Å². The Morgan fingerprint density at radius 1 is 0.645 bits per heavy atom. The number of esters is 2. The maximum absolute atomic E-state index is 14.8. The predicted molar refractivity (Wildman–Crippen MR) is 226 cm³/mol. The molecule has 0 aromatic heterocycles. The highest BCUT2D eigenvalue weighted by atomic mass is 16.6. The van der Waals surface area contributed by atoms with E-state index in [1.165, 1.54) is 0 Å². The molecule has 3 aromatic rings. The number of nitrogens with zero attached hydrogens (tertiary/aromatic N) is 3. The van der Waals surface area contributed by atoms with Crippen LogP contribution in [0, 0.1) is 5.92 Å². The number of phenolic OH excluding ortho intramolecular Hbond substituents is 1. The summed E-state index contributed by atoms with van der Waals surface area (Å²) >= 11 is 0. The van der Waals surface area contributed by atoms with Crippen LogP contribution in [-0.4, -0.2) is 98.7 Å². The quantitative estimate of drug-likeness (QED) is 0.138. The van der Waals surface area contributed by atoms with Gasteiger partial charge in [-0.15, -0.1) is 0 Å². The number of phenols is 1. The molecule has 9 N–H and O–H groups in total. The Hall–Kier alpha value is -6.00. The van der Waals surface area contributed by atoms with Crippen LogP contribution in [-0.2, 0) is 52.3 Å².